The van der Waals surface area contributed by atoms with Crippen molar-refractivity contribution in [2.24, 2.45) is 0 Å². The van der Waals surface area contributed by atoms with Crippen LogP contribution < -0.4 is 0 Å². The molecule has 3 fully saturated rings. The van der Waals surface area contributed by atoms with Gasteiger partial charge in [-0.25, -0.2) is 0 Å². The highest BCUT2D eigenvalue weighted by Gasteiger charge is 2.54. The van der Waals surface area contributed by atoms with Crippen LogP contribution in [0.1, 0.15) is 32.1 Å². The summed E-state index contributed by atoms with van der Waals surface area (Å²) in [5.41, 5.74) is 0. The standard InChI is InChI=1S/C7H10I2/c8-6-2-1-3-7(9,4-6)5-6/h1-5H2. The van der Waals surface area contributed by atoms with Crippen molar-refractivity contribution in [3.63, 3.8) is 0 Å². The molecule has 0 aromatic heterocycles. The van der Waals surface area contributed by atoms with Gasteiger partial charge in [-0.1, -0.05) is 51.6 Å². The molecule has 0 heterocycles. The van der Waals surface area contributed by atoms with Gasteiger partial charge in [-0.15, -0.1) is 0 Å². The van der Waals surface area contributed by atoms with E-state index in [1.807, 2.05) is 0 Å². The normalized spacial score (nSPS) is 56.7. The molecule has 3 aliphatic carbocycles. The molecule has 52 valence electrons. The summed E-state index contributed by atoms with van der Waals surface area (Å²) in [4.78, 5) is 0. The maximum absolute atomic E-state index is 2.66. The molecule has 0 aliphatic heterocycles. The van der Waals surface area contributed by atoms with Gasteiger partial charge in [-0.3, -0.25) is 0 Å². The zero-order valence-corrected chi connectivity index (χ0v) is 9.61. The number of alkyl halides is 2. The van der Waals surface area contributed by atoms with Crippen LogP contribution in [0.25, 0.3) is 0 Å². The molecule has 0 spiro atoms. The first-order valence-corrected chi connectivity index (χ1v) is 5.66. The van der Waals surface area contributed by atoms with Crippen LogP contribution in [0.5, 0.6) is 0 Å². The quantitative estimate of drug-likeness (QED) is 0.466. The number of rotatable bonds is 0. The Hall–Kier alpha value is 1.46. The van der Waals surface area contributed by atoms with Crippen molar-refractivity contribution in [1.82, 2.24) is 0 Å². The van der Waals surface area contributed by atoms with E-state index in [0.29, 0.717) is 0 Å². The Balaban J connectivity index is 2.12. The first kappa shape index (κ1) is 7.13. The smallest absolute Gasteiger partial charge is 0.0247 e. The van der Waals surface area contributed by atoms with Gasteiger partial charge in [0.1, 0.15) is 0 Å². The summed E-state index contributed by atoms with van der Waals surface area (Å²) < 4.78 is 1.49. The summed E-state index contributed by atoms with van der Waals surface area (Å²) in [5.74, 6) is 0. The summed E-state index contributed by atoms with van der Waals surface area (Å²) in [5, 5.41) is 0. The van der Waals surface area contributed by atoms with Gasteiger partial charge in [0.15, 0.2) is 0 Å². The Morgan fingerprint density at radius 1 is 0.889 bits per heavy atom. The summed E-state index contributed by atoms with van der Waals surface area (Å²) in [7, 11) is 0. The largest absolute Gasteiger partial charge is 0.0788 e. The molecular formula is C7H10I2. The van der Waals surface area contributed by atoms with Crippen LogP contribution >= 0.6 is 45.2 Å². The maximum atomic E-state index is 2.66. The fraction of sp³-hybridized carbons (Fsp3) is 1.00. The highest BCUT2D eigenvalue weighted by molar-refractivity contribution is 14.1. The molecule has 0 amide bonds. The summed E-state index contributed by atoms with van der Waals surface area (Å²) >= 11 is 5.32. The van der Waals surface area contributed by atoms with Crippen LogP contribution in [0.4, 0.5) is 0 Å². The minimum absolute atomic E-state index is 0.747. The summed E-state index contributed by atoms with van der Waals surface area (Å²) in [6, 6.07) is 0. The van der Waals surface area contributed by atoms with E-state index in [-0.39, 0.29) is 0 Å². The SMILES string of the molecule is IC12CCCC(I)(C1)C2. The second-order valence-corrected chi connectivity index (χ2v) is 8.09. The van der Waals surface area contributed by atoms with Gasteiger partial charge < -0.3 is 0 Å². The van der Waals surface area contributed by atoms with E-state index in [0.717, 1.165) is 6.84 Å². The third-order valence-corrected chi connectivity index (χ3v) is 5.12. The molecule has 2 heteroatoms. The molecule has 0 N–H and O–H groups in total. The maximum Gasteiger partial charge on any atom is 0.0247 e. The molecule has 3 rings (SSSR count). The van der Waals surface area contributed by atoms with Crippen LogP contribution in [-0.2, 0) is 0 Å². The van der Waals surface area contributed by atoms with Gasteiger partial charge in [0, 0.05) is 6.84 Å². The number of hydrogen-bond acceptors (Lipinski definition) is 0. The molecule has 0 aromatic rings. The highest BCUT2D eigenvalue weighted by atomic mass is 127. The van der Waals surface area contributed by atoms with E-state index < -0.39 is 0 Å². The monoisotopic (exact) mass is 348 g/mol. The van der Waals surface area contributed by atoms with Crippen molar-refractivity contribution in [1.29, 1.82) is 0 Å². The fourth-order valence-electron chi connectivity index (χ4n) is 2.16. The van der Waals surface area contributed by atoms with Gasteiger partial charge >= 0.3 is 0 Å². The van der Waals surface area contributed by atoms with Gasteiger partial charge in [0.05, 0.1) is 0 Å². The van der Waals surface area contributed by atoms with Gasteiger partial charge in [0.2, 0.25) is 0 Å². The summed E-state index contributed by atoms with van der Waals surface area (Å²) in [6.07, 6.45) is 7.42. The Kier molecular flexibility index (Phi) is 1.57. The Labute approximate surface area is 83.4 Å². The van der Waals surface area contributed by atoms with Crippen LogP contribution in [0.15, 0.2) is 0 Å². The minimum atomic E-state index is 0.747. The van der Waals surface area contributed by atoms with Crippen molar-refractivity contribution < 1.29 is 0 Å². The predicted octanol–water partition coefficient (Wildman–Crippen LogP) is 3.31. The number of halogens is 2. The lowest BCUT2D eigenvalue weighted by Gasteiger charge is -2.55. The van der Waals surface area contributed by atoms with Crippen LogP contribution in [-0.4, -0.2) is 6.84 Å². The molecule has 0 aromatic carbocycles. The van der Waals surface area contributed by atoms with Crippen molar-refractivity contribution in [3.05, 3.63) is 0 Å². The molecule has 0 radical (unpaired) electrons. The van der Waals surface area contributed by atoms with Crippen LogP contribution in [0, 0.1) is 0 Å². The van der Waals surface area contributed by atoms with E-state index in [1.54, 1.807) is 0 Å². The molecule has 9 heavy (non-hydrogen) atoms. The fourth-order valence-corrected chi connectivity index (χ4v) is 7.30. The van der Waals surface area contributed by atoms with E-state index in [4.69, 9.17) is 0 Å². The first-order valence-electron chi connectivity index (χ1n) is 3.50. The molecule has 3 aliphatic rings. The second kappa shape index (κ2) is 1.99. The van der Waals surface area contributed by atoms with Gasteiger partial charge in [-0.2, -0.15) is 0 Å². The lowest BCUT2D eigenvalue weighted by Crippen LogP contribution is -2.52. The van der Waals surface area contributed by atoms with Crippen molar-refractivity contribution in [2.75, 3.05) is 0 Å². The Bertz CT molecular complexity index is 122. The van der Waals surface area contributed by atoms with Crippen LogP contribution in [0.2, 0.25) is 0 Å². The van der Waals surface area contributed by atoms with Crippen molar-refractivity contribution in [2.45, 2.75) is 38.9 Å². The van der Waals surface area contributed by atoms with E-state index in [9.17, 15) is 0 Å². The topological polar surface area (TPSA) is 0 Å². The average molecular weight is 348 g/mol. The highest BCUT2D eigenvalue weighted by Crippen LogP contribution is 2.61. The Morgan fingerprint density at radius 3 is 1.56 bits per heavy atom. The molecule has 0 saturated heterocycles. The predicted molar refractivity (Wildman–Crippen MR) is 56.6 cm³/mol. The zero-order chi connectivity index (χ0) is 6.54. The summed E-state index contributed by atoms with van der Waals surface area (Å²) in [6.45, 7) is 0. The van der Waals surface area contributed by atoms with Crippen molar-refractivity contribution >= 4 is 45.2 Å². The zero-order valence-electron chi connectivity index (χ0n) is 5.29. The van der Waals surface area contributed by atoms with Gasteiger partial charge in [-0.05, 0) is 25.7 Å². The first-order chi connectivity index (χ1) is 4.12. The van der Waals surface area contributed by atoms with E-state index >= 15 is 0 Å². The minimum Gasteiger partial charge on any atom is -0.0788 e. The van der Waals surface area contributed by atoms with E-state index in [1.165, 1.54) is 32.1 Å². The van der Waals surface area contributed by atoms with E-state index in [2.05, 4.69) is 45.2 Å². The average Bonchev–Trinajstić information content (AvgIpc) is 1.59. The third-order valence-electron chi connectivity index (χ3n) is 2.52. The molecular weight excluding hydrogens is 338 g/mol. The molecule has 0 nitrogen and oxygen atoms in total. The lowest BCUT2D eigenvalue weighted by atomic mass is 9.65. The second-order valence-electron chi connectivity index (χ2n) is 3.51. The number of hydrogen-bond donors (Lipinski definition) is 0. The molecule has 0 unspecified atom stereocenters. The molecule has 3 saturated carbocycles. The van der Waals surface area contributed by atoms with Gasteiger partial charge in [0.25, 0.3) is 0 Å². The number of fused-ring (bicyclic) bond motifs is 2. The molecule has 2 bridgehead atoms. The Morgan fingerprint density at radius 2 is 1.33 bits per heavy atom. The van der Waals surface area contributed by atoms with Crippen molar-refractivity contribution in [3.8, 4) is 0 Å². The lowest BCUT2D eigenvalue weighted by molar-refractivity contribution is 0.212. The third kappa shape index (κ3) is 1.14. The van der Waals surface area contributed by atoms with Crippen LogP contribution in [0.3, 0.4) is 0 Å². The molecule has 0 atom stereocenters.